The third-order valence-electron chi connectivity index (χ3n) is 6.57. The van der Waals surface area contributed by atoms with Gasteiger partial charge >= 0.3 is 0 Å². The smallest absolute Gasteiger partial charge is 0.227 e. The zero-order valence-corrected chi connectivity index (χ0v) is 22.5. The third kappa shape index (κ3) is 7.70. The second kappa shape index (κ2) is 13.3. The minimum absolute atomic E-state index is 0.0614. The molecule has 1 aromatic heterocycles. The van der Waals surface area contributed by atoms with Crippen LogP contribution in [0.2, 0.25) is 0 Å². The minimum Gasteiger partial charge on any atom is -0.497 e. The van der Waals surface area contributed by atoms with Crippen molar-refractivity contribution in [2.75, 3.05) is 13.7 Å². The van der Waals surface area contributed by atoms with E-state index in [-0.39, 0.29) is 24.7 Å². The van der Waals surface area contributed by atoms with Crippen molar-refractivity contribution in [1.82, 2.24) is 9.88 Å². The van der Waals surface area contributed by atoms with Crippen LogP contribution in [0.3, 0.4) is 0 Å². The van der Waals surface area contributed by atoms with Crippen LogP contribution in [0.1, 0.15) is 34.6 Å². The number of nitrogens with two attached hydrogens (primary N) is 2. The number of rotatable bonds is 12. The maximum absolute atomic E-state index is 13.1. The number of oxazole rings is 1. The van der Waals surface area contributed by atoms with Gasteiger partial charge < -0.3 is 25.6 Å². The van der Waals surface area contributed by atoms with Gasteiger partial charge in [-0.1, -0.05) is 54.6 Å². The first kappa shape index (κ1) is 27.4. The van der Waals surface area contributed by atoms with E-state index in [0.29, 0.717) is 12.4 Å². The van der Waals surface area contributed by atoms with Crippen molar-refractivity contribution in [1.29, 1.82) is 0 Å². The normalized spacial score (nSPS) is 11.4. The van der Waals surface area contributed by atoms with Crippen LogP contribution in [0.25, 0.3) is 11.5 Å². The summed E-state index contributed by atoms with van der Waals surface area (Å²) in [5.41, 5.74) is 11.0. The predicted octanol–water partition coefficient (Wildman–Crippen LogP) is 4.64. The number of amides is 1. The van der Waals surface area contributed by atoms with Crippen LogP contribution < -0.4 is 16.3 Å². The summed E-state index contributed by atoms with van der Waals surface area (Å²) in [5, 5.41) is 3.55. The maximum Gasteiger partial charge on any atom is 0.227 e. The summed E-state index contributed by atoms with van der Waals surface area (Å²) in [6, 6.07) is 25.7. The molecule has 39 heavy (non-hydrogen) atoms. The van der Waals surface area contributed by atoms with Crippen molar-refractivity contribution in [3.8, 4) is 17.2 Å². The lowest BCUT2D eigenvalue weighted by molar-refractivity contribution is -0.130. The molecule has 0 radical (unpaired) electrons. The van der Waals surface area contributed by atoms with Gasteiger partial charge in [0.05, 0.1) is 25.8 Å². The quantitative estimate of drug-likeness (QED) is 0.120. The molecule has 0 aliphatic carbocycles. The molecule has 3 aromatic carbocycles. The second-order valence-electron chi connectivity index (χ2n) is 9.45. The number of hydrogen-bond acceptors (Lipinski definition) is 6. The van der Waals surface area contributed by atoms with Gasteiger partial charge in [-0.25, -0.2) is 4.98 Å². The van der Waals surface area contributed by atoms with Gasteiger partial charge in [0.1, 0.15) is 17.3 Å². The number of carbonyl (C=O) groups excluding carboxylic acids is 1. The number of ether oxygens (including phenoxy) is 1. The Morgan fingerprint density at radius 3 is 2.28 bits per heavy atom. The van der Waals surface area contributed by atoms with Crippen molar-refractivity contribution in [3.05, 3.63) is 107 Å². The van der Waals surface area contributed by atoms with E-state index < -0.39 is 0 Å². The van der Waals surface area contributed by atoms with Gasteiger partial charge in [0, 0.05) is 12.1 Å². The molecule has 4 aromatic rings. The molecule has 0 bridgehead atoms. The third-order valence-corrected chi connectivity index (χ3v) is 6.57. The van der Waals surface area contributed by atoms with E-state index in [0.717, 1.165) is 53.2 Å². The SMILES string of the molecule is COc1ccc(CC(=O)N(C/C(N)=N/N)Cc2ccc(CCCc3nc(-c4ccccc4)oc3C)cc2)cc1. The van der Waals surface area contributed by atoms with Crippen molar-refractivity contribution >= 4 is 11.7 Å². The first-order chi connectivity index (χ1) is 18.9. The van der Waals surface area contributed by atoms with Crippen molar-refractivity contribution in [2.24, 2.45) is 16.7 Å². The summed E-state index contributed by atoms with van der Waals surface area (Å²) in [6.07, 6.45) is 2.96. The lowest BCUT2D eigenvalue weighted by Gasteiger charge is -2.23. The van der Waals surface area contributed by atoms with E-state index in [9.17, 15) is 4.79 Å². The lowest BCUT2D eigenvalue weighted by Crippen LogP contribution is -2.39. The van der Waals surface area contributed by atoms with Crippen molar-refractivity contribution in [2.45, 2.75) is 39.2 Å². The Morgan fingerprint density at radius 1 is 0.949 bits per heavy atom. The number of hydrazone groups is 1. The summed E-state index contributed by atoms with van der Waals surface area (Å²) >= 11 is 0. The Labute approximate surface area is 229 Å². The Balaban J connectivity index is 1.33. The Bertz CT molecular complexity index is 1380. The van der Waals surface area contributed by atoms with E-state index in [1.165, 1.54) is 5.56 Å². The van der Waals surface area contributed by atoms with Crippen LogP contribution in [0.4, 0.5) is 0 Å². The Morgan fingerprint density at radius 2 is 1.62 bits per heavy atom. The lowest BCUT2D eigenvalue weighted by atomic mass is 10.0. The topological polar surface area (TPSA) is 120 Å². The molecule has 0 saturated carbocycles. The van der Waals surface area contributed by atoms with Gasteiger partial charge in [0.25, 0.3) is 0 Å². The van der Waals surface area contributed by atoms with E-state index >= 15 is 0 Å². The molecule has 1 amide bonds. The number of aryl methyl sites for hydroxylation is 3. The zero-order valence-electron chi connectivity index (χ0n) is 22.5. The van der Waals surface area contributed by atoms with Crippen LogP contribution in [0, 0.1) is 6.92 Å². The molecule has 0 aliphatic rings. The molecule has 0 unspecified atom stereocenters. The van der Waals surface area contributed by atoms with Crippen LogP contribution in [-0.4, -0.2) is 35.3 Å². The molecule has 4 rings (SSSR count). The molecular weight excluding hydrogens is 490 g/mol. The highest BCUT2D eigenvalue weighted by Crippen LogP contribution is 2.22. The fourth-order valence-corrected chi connectivity index (χ4v) is 4.35. The van der Waals surface area contributed by atoms with Crippen LogP contribution in [0.15, 0.2) is 88.4 Å². The molecule has 0 fully saturated rings. The fourth-order valence-electron chi connectivity index (χ4n) is 4.35. The Kier molecular flexibility index (Phi) is 9.34. The molecule has 8 heteroatoms. The van der Waals surface area contributed by atoms with Crippen LogP contribution >= 0.6 is 0 Å². The van der Waals surface area contributed by atoms with Crippen LogP contribution in [0.5, 0.6) is 5.75 Å². The average molecular weight is 526 g/mol. The molecule has 0 aliphatic heterocycles. The highest BCUT2D eigenvalue weighted by molar-refractivity contribution is 5.87. The molecule has 0 saturated heterocycles. The van der Waals surface area contributed by atoms with E-state index in [1.807, 2.05) is 73.7 Å². The van der Waals surface area contributed by atoms with E-state index in [1.54, 1.807) is 12.0 Å². The average Bonchev–Trinajstić information content (AvgIpc) is 3.34. The molecule has 8 nitrogen and oxygen atoms in total. The molecule has 202 valence electrons. The first-order valence-electron chi connectivity index (χ1n) is 13.0. The van der Waals surface area contributed by atoms with Gasteiger partial charge in [-0.2, -0.15) is 5.10 Å². The summed E-state index contributed by atoms with van der Waals surface area (Å²) in [6.45, 7) is 2.54. The number of hydrogen-bond donors (Lipinski definition) is 2. The van der Waals surface area contributed by atoms with Gasteiger partial charge in [-0.05, 0) is 67.1 Å². The van der Waals surface area contributed by atoms with Gasteiger partial charge in [-0.3, -0.25) is 4.79 Å². The van der Waals surface area contributed by atoms with E-state index in [2.05, 4.69) is 17.2 Å². The summed E-state index contributed by atoms with van der Waals surface area (Å²) < 4.78 is 11.1. The van der Waals surface area contributed by atoms with Crippen LogP contribution in [-0.2, 0) is 30.6 Å². The van der Waals surface area contributed by atoms with E-state index in [4.69, 9.17) is 25.7 Å². The molecular formula is C31H35N5O3. The molecule has 1 heterocycles. The van der Waals surface area contributed by atoms with Gasteiger partial charge in [0.2, 0.25) is 11.8 Å². The van der Waals surface area contributed by atoms with Gasteiger partial charge in [0.15, 0.2) is 0 Å². The standard InChI is InChI=1S/C31H35N5O3/c1-22-28(34-31(39-22)26-8-4-3-5-9-26)10-6-7-23-11-13-25(14-12-23)20-36(21-29(32)35-33)30(37)19-24-15-17-27(38-2)18-16-24/h3-5,8-9,11-18H,6-7,10,19-21,33H2,1-2H3,(H2,32,35). The number of aromatic nitrogens is 1. The number of benzene rings is 3. The summed E-state index contributed by atoms with van der Waals surface area (Å²) in [7, 11) is 1.61. The van der Waals surface area contributed by atoms with Crippen molar-refractivity contribution < 1.29 is 13.9 Å². The number of methoxy groups -OCH3 is 1. The fraction of sp³-hybridized carbons (Fsp3) is 0.258. The molecule has 0 atom stereocenters. The summed E-state index contributed by atoms with van der Waals surface area (Å²) in [4.78, 5) is 19.5. The zero-order chi connectivity index (χ0) is 27.6. The highest BCUT2D eigenvalue weighted by atomic mass is 16.5. The predicted molar refractivity (Wildman–Crippen MR) is 153 cm³/mol. The highest BCUT2D eigenvalue weighted by Gasteiger charge is 2.17. The number of amidine groups is 1. The minimum atomic E-state index is -0.0614. The number of carbonyl (C=O) groups is 1. The van der Waals surface area contributed by atoms with Crippen molar-refractivity contribution in [3.63, 3.8) is 0 Å². The van der Waals surface area contributed by atoms with Gasteiger partial charge in [-0.15, -0.1) is 0 Å². The maximum atomic E-state index is 13.1. The molecule has 4 N–H and O–H groups in total. The second-order valence-corrected chi connectivity index (χ2v) is 9.45. The molecule has 0 spiro atoms. The first-order valence-corrected chi connectivity index (χ1v) is 13.0. The summed E-state index contributed by atoms with van der Waals surface area (Å²) in [5.74, 6) is 7.76. The number of nitrogens with zero attached hydrogens (tertiary/aromatic N) is 3. The largest absolute Gasteiger partial charge is 0.497 e. The Hall–Kier alpha value is -4.59. The monoisotopic (exact) mass is 525 g/mol.